The Hall–Kier alpha value is -3.09. The Kier molecular flexibility index (Phi) is 6.53. The van der Waals surface area contributed by atoms with Crippen molar-refractivity contribution in [2.45, 2.75) is 25.1 Å². The van der Waals surface area contributed by atoms with Gasteiger partial charge in [-0.1, -0.05) is 15.9 Å². The lowest BCUT2D eigenvalue weighted by Crippen LogP contribution is -2.42. The minimum absolute atomic E-state index is 0.0439. The summed E-state index contributed by atoms with van der Waals surface area (Å²) in [6.45, 7) is 0.816. The van der Waals surface area contributed by atoms with E-state index in [9.17, 15) is 22.8 Å². The van der Waals surface area contributed by atoms with Gasteiger partial charge < -0.3 is 26.4 Å². The fraction of sp³-hybridized carbons (Fsp3) is 0.333. The number of carbonyl (C=O) groups is 2. The van der Waals surface area contributed by atoms with Crippen LogP contribution in [0.15, 0.2) is 28.9 Å². The van der Waals surface area contributed by atoms with Crippen molar-refractivity contribution >= 4 is 45.4 Å². The number of amides is 2. The van der Waals surface area contributed by atoms with Crippen LogP contribution in [0.2, 0.25) is 0 Å². The second-order valence-corrected chi connectivity index (χ2v) is 7.71. The molecule has 31 heavy (non-hydrogen) atoms. The van der Waals surface area contributed by atoms with E-state index >= 15 is 0 Å². The molecule has 0 radical (unpaired) electrons. The average molecular weight is 503 g/mol. The highest BCUT2D eigenvalue weighted by molar-refractivity contribution is 9.10. The molecule has 0 spiro atoms. The molecule has 2 amide bonds. The lowest BCUT2D eigenvalue weighted by atomic mass is 10.1. The Labute approximate surface area is 183 Å². The number of alkyl halides is 3. The van der Waals surface area contributed by atoms with Crippen LogP contribution >= 0.6 is 15.9 Å². The second kappa shape index (κ2) is 8.96. The van der Waals surface area contributed by atoms with Gasteiger partial charge in [-0.15, -0.1) is 0 Å². The average Bonchev–Trinajstić information content (AvgIpc) is 2.66. The van der Waals surface area contributed by atoms with E-state index in [1.54, 1.807) is 4.90 Å². The normalized spacial score (nSPS) is 16.6. The highest BCUT2D eigenvalue weighted by Gasteiger charge is 2.31. The van der Waals surface area contributed by atoms with Gasteiger partial charge in [0.1, 0.15) is 17.5 Å². The van der Waals surface area contributed by atoms with Crippen LogP contribution < -0.4 is 21.7 Å². The van der Waals surface area contributed by atoms with E-state index in [1.807, 2.05) is 0 Å². The first-order valence-electron chi connectivity index (χ1n) is 9.05. The predicted molar refractivity (Wildman–Crippen MR) is 109 cm³/mol. The number of piperidine rings is 1. The molecule has 9 nitrogen and oxygen atoms in total. The number of carbonyl (C=O) groups excluding carboxylic acids is 2. The zero-order chi connectivity index (χ0) is 22.8. The summed E-state index contributed by atoms with van der Waals surface area (Å²) < 4.78 is 44.6. The summed E-state index contributed by atoms with van der Waals surface area (Å²) in [6.07, 6.45) is -3.44. The molecule has 0 aliphatic carbocycles. The number of nitrogens with two attached hydrogens (primary N) is 2. The Morgan fingerprint density at radius 1 is 1.26 bits per heavy atom. The fourth-order valence-corrected chi connectivity index (χ4v) is 3.64. The number of rotatable bonds is 5. The summed E-state index contributed by atoms with van der Waals surface area (Å²) in [4.78, 5) is 32.9. The van der Waals surface area contributed by atoms with Crippen molar-refractivity contribution in [3.8, 4) is 0 Å². The van der Waals surface area contributed by atoms with Crippen LogP contribution in [-0.2, 0) is 10.9 Å². The molecule has 0 bridgehead atoms. The summed E-state index contributed by atoms with van der Waals surface area (Å²) in [5.74, 6) is -0.716. The number of halogens is 4. The van der Waals surface area contributed by atoms with Crippen LogP contribution in [0.25, 0.3) is 0 Å². The summed E-state index contributed by atoms with van der Waals surface area (Å²) in [7, 11) is 0. The lowest BCUT2D eigenvalue weighted by molar-refractivity contribution is -0.137. The maximum Gasteiger partial charge on any atom is 0.416 e. The van der Waals surface area contributed by atoms with Gasteiger partial charge in [0.05, 0.1) is 12.1 Å². The van der Waals surface area contributed by atoms with Crippen LogP contribution in [0.4, 0.5) is 35.4 Å². The Morgan fingerprint density at radius 2 is 2.00 bits per heavy atom. The molecule has 1 atom stereocenters. The molecule has 5 N–H and O–H groups in total. The number of anilines is 3. The summed E-state index contributed by atoms with van der Waals surface area (Å²) in [6, 6.07) is 3.21. The first-order chi connectivity index (χ1) is 14.5. The third-order valence-corrected chi connectivity index (χ3v) is 4.93. The van der Waals surface area contributed by atoms with E-state index < -0.39 is 29.8 Å². The van der Waals surface area contributed by atoms with E-state index in [-0.39, 0.29) is 34.0 Å². The van der Waals surface area contributed by atoms with Crippen molar-refractivity contribution in [3.05, 3.63) is 40.0 Å². The van der Waals surface area contributed by atoms with Crippen molar-refractivity contribution in [3.63, 3.8) is 0 Å². The highest BCUT2D eigenvalue weighted by Crippen LogP contribution is 2.34. The quantitative estimate of drug-likeness (QED) is 0.570. The van der Waals surface area contributed by atoms with E-state index in [2.05, 4.69) is 31.2 Å². The summed E-state index contributed by atoms with van der Waals surface area (Å²) >= 11 is 3.05. The molecule has 1 aromatic carbocycles. The molecule has 13 heteroatoms. The van der Waals surface area contributed by atoms with Gasteiger partial charge in [0.15, 0.2) is 0 Å². The van der Waals surface area contributed by atoms with E-state index in [0.29, 0.717) is 19.4 Å². The number of hydrogen-bond donors (Lipinski definition) is 3. The van der Waals surface area contributed by atoms with Crippen molar-refractivity contribution in [1.29, 1.82) is 0 Å². The molecular weight excluding hydrogens is 485 g/mol. The second-order valence-electron chi connectivity index (χ2n) is 6.80. The van der Waals surface area contributed by atoms with Gasteiger partial charge in [-0.05, 0) is 31.0 Å². The van der Waals surface area contributed by atoms with Gasteiger partial charge >= 0.3 is 12.3 Å². The van der Waals surface area contributed by atoms with Gasteiger partial charge in [-0.2, -0.15) is 18.2 Å². The van der Waals surface area contributed by atoms with Crippen LogP contribution in [-0.4, -0.2) is 41.2 Å². The molecule has 1 aromatic heterocycles. The standard InChI is InChI=1S/C18H18BrF3N6O3/c19-10-4-9(18(20,21)22)5-11(6-10)26-15-13(14(23)29)7-25-17(27-15)28-3-1-2-12(8-28)31-16(24)30/h4-7,12H,1-3,8H2,(H2,23,29)(H2,24,30)(H,25,26,27). The summed E-state index contributed by atoms with van der Waals surface area (Å²) in [5, 5.41) is 2.72. The number of nitrogens with zero attached hydrogens (tertiary/aromatic N) is 3. The number of primary amides is 2. The fourth-order valence-electron chi connectivity index (χ4n) is 3.14. The molecule has 1 aliphatic heterocycles. The number of benzene rings is 1. The topological polar surface area (TPSA) is 136 Å². The van der Waals surface area contributed by atoms with Crippen LogP contribution in [0, 0.1) is 0 Å². The zero-order valence-electron chi connectivity index (χ0n) is 15.9. The van der Waals surface area contributed by atoms with Gasteiger partial charge in [0.25, 0.3) is 5.91 Å². The molecule has 2 heterocycles. The number of ether oxygens (including phenoxy) is 1. The lowest BCUT2D eigenvalue weighted by Gasteiger charge is -2.32. The highest BCUT2D eigenvalue weighted by atomic mass is 79.9. The molecule has 0 saturated carbocycles. The molecule has 1 aliphatic rings. The monoisotopic (exact) mass is 502 g/mol. The molecule has 3 rings (SSSR count). The maximum atomic E-state index is 13.1. The van der Waals surface area contributed by atoms with Gasteiger partial charge in [0.2, 0.25) is 5.95 Å². The van der Waals surface area contributed by atoms with Crippen molar-refractivity contribution in [2.75, 3.05) is 23.3 Å². The van der Waals surface area contributed by atoms with Crippen LogP contribution in [0.5, 0.6) is 0 Å². The SMILES string of the molecule is NC(=O)OC1CCCN(c2ncc(C(N)=O)c(Nc3cc(Br)cc(C(F)(F)F)c3)n2)C1. The Bertz CT molecular complexity index is 1000. The number of nitrogens with one attached hydrogen (secondary N) is 1. The molecule has 2 aromatic rings. The Morgan fingerprint density at radius 3 is 2.65 bits per heavy atom. The van der Waals surface area contributed by atoms with Crippen LogP contribution in [0.3, 0.4) is 0 Å². The summed E-state index contributed by atoms with van der Waals surface area (Å²) in [5.41, 5.74) is 9.50. The minimum atomic E-state index is -4.56. The van der Waals surface area contributed by atoms with Gasteiger partial charge in [0, 0.05) is 22.9 Å². The van der Waals surface area contributed by atoms with Gasteiger partial charge in [-0.3, -0.25) is 4.79 Å². The van der Waals surface area contributed by atoms with Crippen molar-refractivity contribution in [2.24, 2.45) is 11.5 Å². The molecular formula is C18H18BrF3N6O3. The van der Waals surface area contributed by atoms with Crippen molar-refractivity contribution < 1.29 is 27.5 Å². The first kappa shape index (κ1) is 22.6. The molecule has 1 saturated heterocycles. The predicted octanol–water partition coefficient (Wildman–Crippen LogP) is 3.16. The molecule has 1 unspecified atom stereocenters. The Balaban J connectivity index is 1.92. The third-order valence-electron chi connectivity index (χ3n) is 4.47. The number of aromatic nitrogens is 2. The van der Waals surface area contributed by atoms with E-state index in [1.165, 1.54) is 12.3 Å². The molecule has 1 fully saturated rings. The maximum absolute atomic E-state index is 13.1. The number of hydrogen-bond acceptors (Lipinski definition) is 7. The smallest absolute Gasteiger partial charge is 0.416 e. The third kappa shape index (κ3) is 5.75. The van der Waals surface area contributed by atoms with Gasteiger partial charge in [-0.25, -0.2) is 9.78 Å². The van der Waals surface area contributed by atoms with Crippen LogP contribution in [0.1, 0.15) is 28.8 Å². The van der Waals surface area contributed by atoms with Crippen molar-refractivity contribution in [1.82, 2.24) is 9.97 Å². The first-order valence-corrected chi connectivity index (χ1v) is 9.85. The van der Waals surface area contributed by atoms with E-state index in [0.717, 1.165) is 12.1 Å². The van der Waals surface area contributed by atoms with E-state index in [4.69, 9.17) is 16.2 Å². The molecule has 166 valence electrons. The largest absolute Gasteiger partial charge is 0.445 e. The minimum Gasteiger partial charge on any atom is -0.445 e. The zero-order valence-corrected chi connectivity index (χ0v) is 17.5.